The largest absolute Gasteiger partial charge is 0.493 e. The molecule has 0 radical (unpaired) electrons. The van der Waals surface area contributed by atoms with Crippen molar-refractivity contribution in [2.75, 3.05) is 20.8 Å². The van der Waals surface area contributed by atoms with Gasteiger partial charge in [-0.25, -0.2) is 0 Å². The summed E-state index contributed by atoms with van der Waals surface area (Å²) in [6, 6.07) is 3.92. The summed E-state index contributed by atoms with van der Waals surface area (Å²) in [4.78, 5) is 13.4. The molecule has 4 nitrogen and oxygen atoms in total. The molecule has 1 heterocycles. The Kier molecular flexibility index (Phi) is 3.79. The fourth-order valence-corrected chi connectivity index (χ4v) is 2.54. The molecule has 1 aromatic rings. The Labute approximate surface area is 113 Å². The number of carbonyl (C=O) groups is 1. The standard InChI is InChI=1S/C15H19NO3/c1-10-14-12(6-5-9-16(10)11(2)17)7-8-13(18-3)15(14)19-4/h7-8H,1,5-6,9H2,2-4H3. The molecule has 1 aliphatic heterocycles. The zero-order valence-corrected chi connectivity index (χ0v) is 11.7. The average molecular weight is 261 g/mol. The van der Waals surface area contributed by atoms with Crippen molar-refractivity contribution in [1.29, 1.82) is 0 Å². The van der Waals surface area contributed by atoms with Crippen LogP contribution in [0.15, 0.2) is 18.7 Å². The Morgan fingerprint density at radius 1 is 1.32 bits per heavy atom. The first-order valence-corrected chi connectivity index (χ1v) is 6.31. The molecule has 0 saturated heterocycles. The van der Waals surface area contributed by atoms with Crippen LogP contribution >= 0.6 is 0 Å². The molecule has 1 amide bonds. The van der Waals surface area contributed by atoms with Gasteiger partial charge in [-0.15, -0.1) is 0 Å². The topological polar surface area (TPSA) is 38.8 Å². The molecule has 1 aromatic carbocycles. The van der Waals surface area contributed by atoms with E-state index in [1.807, 2.05) is 12.1 Å². The van der Waals surface area contributed by atoms with Crippen LogP contribution < -0.4 is 9.47 Å². The van der Waals surface area contributed by atoms with Gasteiger partial charge in [0, 0.05) is 24.7 Å². The molecule has 4 heteroatoms. The lowest BCUT2D eigenvalue weighted by Crippen LogP contribution is -2.26. The Morgan fingerprint density at radius 3 is 2.63 bits per heavy atom. The van der Waals surface area contributed by atoms with Crippen LogP contribution in [-0.2, 0) is 11.2 Å². The maximum Gasteiger partial charge on any atom is 0.223 e. The molecule has 0 aromatic heterocycles. The van der Waals surface area contributed by atoms with Crippen molar-refractivity contribution in [3.63, 3.8) is 0 Å². The van der Waals surface area contributed by atoms with E-state index in [4.69, 9.17) is 9.47 Å². The zero-order valence-electron chi connectivity index (χ0n) is 11.7. The van der Waals surface area contributed by atoms with E-state index in [-0.39, 0.29) is 5.91 Å². The molecule has 2 rings (SSSR count). The summed E-state index contributed by atoms with van der Waals surface area (Å²) >= 11 is 0. The summed E-state index contributed by atoms with van der Waals surface area (Å²) in [5.41, 5.74) is 2.72. The molecule has 0 fully saturated rings. The van der Waals surface area contributed by atoms with Crippen LogP contribution in [0.25, 0.3) is 5.70 Å². The second-order valence-electron chi connectivity index (χ2n) is 4.56. The van der Waals surface area contributed by atoms with E-state index < -0.39 is 0 Å². The predicted octanol–water partition coefficient (Wildman–Crippen LogP) is 2.47. The van der Waals surface area contributed by atoms with E-state index in [1.165, 1.54) is 0 Å². The number of carbonyl (C=O) groups excluding carboxylic acids is 1. The van der Waals surface area contributed by atoms with Crippen LogP contribution in [0.2, 0.25) is 0 Å². The third-order valence-electron chi connectivity index (χ3n) is 3.45. The third kappa shape index (κ3) is 2.30. The summed E-state index contributed by atoms with van der Waals surface area (Å²) in [6.07, 6.45) is 1.82. The second kappa shape index (κ2) is 5.34. The molecular weight excluding hydrogens is 242 g/mol. The first kappa shape index (κ1) is 13.5. The summed E-state index contributed by atoms with van der Waals surface area (Å²) in [5.74, 6) is 1.31. The highest BCUT2D eigenvalue weighted by Crippen LogP contribution is 2.40. The van der Waals surface area contributed by atoms with E-state index in [1.54, 1.807) is 26.0 Å². The minimum absolute atomic E-state index is 0.00252. The molecule has 0 saturated carbocycles. The molecule has 0 spiro atoms. The number of amides is 1. The van der Waals surface area contributed by atoms with Crippen molar-refractivity contribution in [2.45, 2.75) is 19.8 Å². The van der Waals surface area contributed by atoms with Gasteiger partial charge in [-0.05, 0) is 24.5 Å². The lowest BCUT2D eigenvalue weighted by Gasteiger charge is -2.23. The van der Waals surface area contributed by atoms with Gasteiger partial charge in [-0.3, -0.25) is 4.79 Å². The first-order valence-electron chi connectivity index (χ1n) is 6.31. The minimum atomic E-state index is 0.00252. The van der Waals surface area contributed by atoms with E-state index >= 15 is 0 Å². The maximum atomic E-state index is 11.7. The van der Waals surface area contributed by atoms with E-state index in [0.717, 1.165) is 24.0 Å². The molecule has 0 N–H and O–H groups in total. The van der Waals surface area contributed by atoms with Crippen molar-refractivity contribution in [3.05, 3.63) is 29.8 Å². The number of fused-ring (bicyclic) bond motifs is 1. The molecule has 0 atom stereocenters. The smallest absolute Gasteiger partial charge is 0.223 e. The van der Waals surface area contributed by atoms with E-state index in [0.29, 0.717) is 23.7 Å². The second-order valence-corrected chi connectivity index (χ2v) is 4.56. The molecule has 102 valence electrons. The van der Waals surface area contributed by atoms with Gasteiger partial charge in [0.25, 0.3) is 0 Å². The monoisotopic (exact) mass is 261 g/mol. The van der Waals surface area contributed by atoms with Crippen molar-refractivity contribution in [3.8, 4) is 11.5 Å². The molecule has 19 heavy (non-hydrogen) atoms. The highest BCUT2D eigenvalue weighted by atomic mass is 16.5. The fourth-order valence-electron chi connectivity index (χ4n) is 2.54. The average Bonchev–Trinajstić information content (AvgIpc) is 2.57. The number of aryl methyl sites for hydroxylation is 1. The van der Waals surface area contributed by atoms with Gasteiger partial charge in [0.15, 0.2) is 11.5 Å². The highest BCUT2D eigenvalue weighted by Gasteiger charge is 2.25. The zero-order chi connectivity index (χ0) is 14.0. The first-order chi connectivity index (χ1) is 9.10. The van der Waals surface area contributed by atoms with Crippen LogP contribution in [0.5, 0.6) is 11.5 Å². The number of nitrogens with zero attached hydrogens (tertiary/aromatic N) is 1. The summed E-state index contributed by atoms with van der Waals surface area (Å²) < 4.78 is 10.8. The summed E-state index contributed by atoms with van der Waals surface area (Å²) in [7, 11) is 3.21. The van der Waals surface area contributed by atoms with Crippen LogP contribution in [-0.4, -0.2) is 31.6 Å². The fraction of sp³-hybridized carbons (Fsp3) is 0.400. The Balaban J connectivity index is 2.60. The number of hydrogen-bond acceptors (Lipinski definition) is 3. The van der Waals surface area contributed by atoms with Crippen LogP contribution in [0.4, 0.5) is 0 Å². The van der Waals surface area contributed by atoms with Crippen LogP contribution in [0.3, 0.4) is 0 Å². The van der Waals surface area contributed by atoms with Gasteiger partial charge in [-0.2, -0.15) is 0 Å². The summed E-state index contributed by atoms with van der Waals surface area (Å²) in [5, 5.41) is 0. The Hall–Kier alpha value is -1.97. The number of hydrogen-bond donors (Lipinski definition) is 0. The van der Waals surface area contributed by atoms with Gasteiger partial charge in [0.05, 0.1) is 14.2 Å². The van der Waals surface area contributed by atoms with Gasteiger partial charge in [0.2, 0.25) is 5.91 Å². The number of rotatable bonds is 2. The minimum Gasteiger partial charge on any atom is -0.493 e. The predicted molar refractivity (Wildman–Crippen MR) is 74.3 cm³/mol. The Bertz CT molecular complexity index is 522. The van der Waals surface area contributed by atoms with Crippen LogP contribution in [0, 0.1) is 0 Å². The van der Waals surface area contributed by atoms with E-state index in [9.17, 15) is 4.79 Å². The van der Waals surface area contributed by atoms with Gasteiger partial charge in [-0.1, -0.05) is 12.6 Å². The molecule has 0 unspecified atom stereocenters. The maximum absolute atomic E-state index is 11.7. The molecule has 0 aliphatic carbocycles. The Morgan fingerprint density at radius 2 is 2.05 bits per heavy atom. The molecule has 1 aliphatic rings. The van der Waals surface area contributed by atoms with Crippen molar-refractivity contribution in [1.82, 2.24) is 4.90 Å². The van der Waals surface area contributed by atoms with Gasteiger partial charge >= 0.3 is 0 Å². The normalized spacial score (nSPS) is 14.7. The number of benzene rings is 1. The molecular formula is C15H19NO3. The SMILES string of the molecule is C=C1c2c(ccc(OC)c2OC)CCCN1C(C)=O. The molecule has 0 bridgehead atoms. The number of ether oxygens (including phenoxy) is 2. The lowest BCUT2D eigenvalue weighted by molar-refractivity contribution is -0.125. The van der Waals surface area contributed by atoms with Crippen molar-refractivity contribution in [2.24, 2.45) is 0 Å². The third-order valence-corrected chi connectivity index (χ3v) is 3.45. The van der Waals surface area contributed by atoms with Gasteiger partial charge < -0.3 is 14.4 Å². The van der Waals surface area contributed by atoms with Crippen molar-refractivity contribution < 1.29 is 14.3 Å². The quantitative estimate of drug-likeness (QED) is 0.821. The van der Waals surface area contributed by atoms with Crippen LogP contribution in [0.1, 0.15) is 24.5 Å². The highest BCUT2D eigenvalue weighted by molar-refractivity contribution is 5.87. The number of methoxy groups -OCH3 is 2. The van der Waals surface area contributed by atoms with E-state index in [2.05, 4.69) is 6.58 Å². The van der Waals surface area contributed by atoms with Crippen molar-refractivity contribution >= 4 is 11.6 Å². The van der Waals surface area contributed by atoms with Gasteiger partial charge in [0.1, 0.15) is 0 Å². The summed E-state index contributed by atoms with van der Waals surface area (Å²) in [6.45, 7) is 6.32. The lowest BCUT2D eigenvalue weighted by atomic mass is 10.0.